The molecule has 0 saturated heterocycles. The summed E-state index contributed by atoms with van der Waals surface area (Å²) in [6, 6.07) is 1.81. The molecule has 0 unspecified atom stereocenters. The Hall–Kier alpha value is -0.880. The zero-order chi connectivity index (χ0) is 9.47. The maximum absolute atomic E-state index is 10.9. The summed E-state index contributed by atoms with van der Waals surface area (Å²) < 4.78 is 23.4. The second-order valence-electron chi connectivity index (χ2n) is 3.26. The molecule has 0 aromatic carbocycles. The lowest BCUT2D eigenvalue weighted by atomic mass is 9.93. The fourth-order valence-electron chi connectivity index (χ4n) is 1.33. The molecule has 6 heteroatoms. The summed E-state index contributed by atoms with van der Waals surface area (Å²) in [5, 5.41) is 8.79. The van der Waals surface area contributed by atoms with Gasteiger partial charge in [0.2, 0.25) is 0 Å². The number of sulfonamides is 1. The Morgan fingerprint density at radius 3 is 2.62 bits per heavy atom. The van der Waals surface area contributed by atoms with Crippen molar-refractivity contribution >= 4 is 10.0 Å². The van der Waals surface area contributed by atoms with E-state index in [2.05, 4.69) is 5.10 Å². The maximum Gasteiger partial charge on any atom is 0.257 e. The summed E-state index contributed by atoms with van der Waals surface area (Å²) in [4.78, 5) is 0. The van der Waals surface area contributed by atoms with E-state index in [1.165, 1.54) is 12.5 Å². The Balaban J connectivity index is 2.27. The minimum atomic E-state index is -3.63. The highest BCUT2D eigenvalue weighted by Crippen LogP contribution is 2.30. The molecule has 0 amide bonds. The first-order valence-electron chi connectivity index (χ1n) is 4.15. The van der Waals surface area contributed by atoms with Gasteiger partial charge in [0.1, 0.15) is 0 Å². The Morgan fingerprint density at radius 1 is 1.54 bits per heavy atom. The van der Waals surface area contributed by atoms with E-state index in [0.29, 0.717) is 6.04 Å². The van der Waals surface area contributed by atoms with Gasteiger partial charge in [-0.05, 0) is 25.3 Å². The second-order valence-corrected chi connectivity index (χ2v) is 4.77. The van der Waals surface area contributed by atoms with Gasteiger partial charge >= 0.3 is 0 Å². The van der Waals surface area contributed by atoms with Gasteiger partial charge in [-0.1, -0.05) is 0 Å². The molecule has 0 aliphatic heterocycles. The summed E-state index contributed by atoms with van der Waals surface area (Å²) in [6.07, 6.45) is 5.01. The molecule has 1 fully saturated rings. The first kappa shape index (κ1) is 8.71. The number of aromatic nitrogens is 2. The Bertz CT molecular complexity index is 405. The predicted octanol–water partition coefficient (Wildman–Crippen LogP) is 0.256. The number of primary sulfonamides is 1. The van der Waals surface area contributed by atoms with E-state index in [9.17, 15) is 8.42 Å². The van der Waals surface area contributed by atoms with Crippen LogP contribution < -0.4 is 5.14 Å². The van der Waals surface area contributed by atoms with Crippen molar-refractivity contribution in [2.45, 2.75) is 30.3 Å². The summed E-state index contributed by atoms with van der Waals surface area (Å²) in [5.74, 6) is 0. The lowest BCUT2D eigenvalue weighted by Gasteiger charge is -2.25. The molecule has 13 heavy (non-hydrogen) atoms. The third-order valence-electron chi connectivity index (χ3n) is 2.32. The zero-order valence-electron chi connectivity index (χ0n) is 7.05. The van der Waals surface area contributed by atoms with Gasteiger partial charge in [0.05, 0.1) is 6.04 Å². The van der Waals surface area contributed by atoms with E-state index in [4.69, 9.17) is 5.14 Å². The van der Waals surface area contributed by atoms with Crippen molar-refractivity contribution in [1.29, 1.82) is 0 Å². The van der Waals surface area contributed by atoms with Crippen molar-refractivity contribution in [2.24, 2.45) is 5.14 Å². The number of nitrogens with two attached hydrogens (primary N) is 1. The smallest absolute Gasteiger partial charge is 0.257 e. The monoisotopic (exact) mass is 201 g/mol. The van der Waals surface area contributed by atoms with Crippen LogP contribution in [0.15, 0.2) is 17.3 Å². The highest BCUT2D eigenvalue weighted by Gasteiger charge is 2.21. The fourth-order valence-corrected chi connectivity index (χ4v) is 1.79. The summed E-state index contributed by atoms with van der Waals surface area (Å²) in [6.45, 7) is 0. The van der Waals surface area contributed by atoms with E-state index >= 15 is 0 Å². The largest absolute Gasteiger partial charge is 0.268 e. The van der Waals surface area contributed by atoms with Crippen LogP contribution in [0.1, 0.15) is 25.3 Å². The molecule has 0 atom stereocenters. The van der Waals surface area contributed by atoms with Crippen LogP contribution in [-0.2, 0) is 10.0 Å². The normalized spacial score (nSPS) is 18.5. The van der Waals surface area contributed by atoms with Gasteiger partial charge in [0, 0.05) is 6.20 Å². The number of hydrogen-bond acceptors (Lipinski definition) is 3. The van der Waals surface area contributed by atoms with Crippen molar-refractivity contribution in [3.8, 4) is 0 Å². The molecule has 72 valence electrons. The Labute approximate surface area is 76.6 Å². The van der Waals surface area contributed by atoms with Crippen molar-refractivity contribution in [1.82, 2.24) is 9.78 Å². The van der Waals surface area contributed by atoms with Crippen LogP contribution in [0.2, 0.25) is 0 Å². The molecular weight excluding hydrogens is 190 g/mol. The Kier molecular flexibility index (Phi) is 1.88. The molecule has 0 spiro atoms. The topological polar surface area (TPSA) is 78.0 Å². The molecule has 1 saturated carbocycles. The lowest BCUT2D eigenvalue weighted by Crippen LogP contribution is -2.19. The van der Waals surface area contributed by atoms with E-state index in [0.717, 1.165) is 12.8 Å². The van der Waals surface area contributed by atoms with Crippen LogP contribution in [-0.4, -0.2) is 18.2 Å². The summed E-state index contributed by atoms with van der Waals surface area (Å²) >= 11 is 0. The van der Waals surface area contributed by atoms with Crippen molar-refractivity contribution in [3.63, 3.8) is 0 Å². The van der Waals surface area contributed by atoms with Gasteiger partial charge in [-0.15, -0.1) is 0 Å². The highest BCUT2D eigenvalue weighted by molar-refractivity contribution is 7.89. The van der Waals surface area contributed by atoms with Gasteiger partial charge < -0.3 is 0 Å². The molecule has 1 aliphatic carbocycles. The minimum absolute atomic E-state index is 0.0422. The third kappa shape index (κ3) is 1.59. The molecular formula is C7H11N3O2S. The number of rotatable bonds is 2. The molecule has 0 bridgehead atoms. The van der Waals surface area contributed by atoms with Gasteiger partial charge in [-0.25, -0.2) is 13.6 Å². The van der Waals surface area contributed by atoms with Crippen LogP contribution in [0.5, 0.6) is 0 Å². The molecule has 1 aromatic heterocycles. The third-order valence-corrected chi connectivity index (χ3v) is 3.12. The van der Waals surface area contributed by atoms with Crippen LogP contribution in [0, 0.1) is 0 Å². The highest BCUT2D eigenvalue weighted by atomic mass is 32.2. The SMILES string of the molecule is NS(=O)(=O)c1ccn(C2CCC2)n1. The molecule has 2 N–H and O–H groups in total. The van der Waals surface area contributed by atoms with Crippen LogP contribution in [0.4, 0.5) is 0 Å². The molecule has 1 aliphatic rings. The molecule has 5 nitrogen and oxygen atoms in total. The fraction of sp³-hybridized carbons (Fsp3) is 0.571. The molecule has 1 aromatic rings. The van der Waals surface area contributed by atoms with E-state index in [1.54, 1.807) is 10.9 Å². The number of hydrogen-bond donors (Lipinski definition) is 1. The molecule has 0 radical (unpaired) electrons. The standard InChI is InChI=1S/C7H11N3O2S/c8-13(11,12)7-4-5-10(9-7)6-2-1-3-6/h4-6H,1-3H2,(H2,8,11,12). The van der Waals surface area contributed by atoms with Crippen molar-refractivity contribution in [3.05, 3.63) is 12.3 Å². The quantitative estimate of drug-likeness (QED) is 0.745. The van der Waals surface area contributed by atoms with Gasteiger partial charge in [-0.2, -0.15) is 5.10 Å². The van der Waals surface area contributed by atoms with Crippen molar-refractivity contribution < 1.29 is 8.42 Å². The predicted molar refractivity (Wildman–Crippen MR) is 46.5 cm³/mol. The van der Waals surface area contributed by atoms with E-state index in [1.807, 2.05) is 0 Å². The van der Waals surface area contributed by atoms with Crippen LogP contribution in [0.3, 0.4) is 0 Å². The number of nitrogens with zero attached hydrogens (tertiary/aromatic N) is 2. The zero-order valence-corrected chi connectivity index (χ0v) is 7.87. The summed E-state index contributed by atoms with van der Waals surface area (Å²) in [7, 11) is -3.63. The summed E-state index contributed by atoms with van der Waals surface area (Å²) in [5.41, 5.74) is 0. The first-order valence-corrected chi connectivity index (χ1v) is 5.70. The van der Waals surface area contributed by atoms with Crippen molar-refractivity contribution in [2.75, 3.05) is 0 Å². The molecule has 1 heterocycles. The van der Waals surface area contributed by atoms with Crippen LogP contribution in [0.25, 0.3) is 0 Å². The first-order chi connectivity index (χ1) is 6.07. The Morgan fingerprint density at radius 2 is 2.23 bits per heavy atom. The van der Waals surface area contributed by atoms with Gasteiger partial charge in [0.25, 0.3) is 10.0 Å². The van der Waals surface area contributed by atoms with Crippen LogP contribution >= 0.6 is 0 Å². The van der Waals surface area contributed by atoms with Gasteiger partial charge in [0.15, 0.2) is 5.03 Å². The minimum Gasteiger partial charge on any atom is -0.268 e. The average molecular weight is 201 g/mol. The van der Waals surface area contributed by atoms with E-state index < -0.39 is 10.0 Å². The van der Waals surface area contributed by atoms with E-state index in [-0.39, 0.29) is 5.03 Å². The lowest BCUT2D eigenvalue weighted by molar-refractivity contribution is 0.286. The second kappa shape index (κ2) is 2.81. The average Bonchev–Trinajstić information content (AvgIpc) is 2.29. The maximum atomic E-state index is 10.9. The molecule has 2 rings (SSSR count). The van der Waals surface area contributed by atoms with Gasteiger partial charge in [-0.3, -0.25) is 4.68 Å².